The number of aromatic nitrogens is 3. The smallest absolute Gasteiger partial charge is 0.170 e. The van der Waals surface area contributed by atoms with Crippen molar-refractivity contribution >= 4 is 17.3 Å². The second-order valence-electron chi connectivity index (χ2n) is 7.61. The van der Waals surface area contributed by atoms with Crippen LogP contribution in [0.2, 0.25) is 0 Å². The molecule has 0 amide bonds. The molecule has 7 heteroatoms. The second kappa shape index (κ2) is 8.80. The van der Waals surface area contributed by atoms with Crippen LogP contribution in [0.4, 0.5) is 0 Å². The molecule has 0 bridgehead atoms. The Morgan fingerprint density at radius 1 is 0.969 bits per heavy atom. The average molecular weight is 442 g/mol. The summed E-state index contributed by atoms with van der Waals surface area (Å²) in [7, 11) is 1.68. The number of hydrogen-bond donors (Lipinski definition) is 1. The lowest BCUT2D eigenvalue weighted by Crippen LogP contribution is -2.30. The zero-order valence-corrected chi connectivity index (χ0v) is 18.4. The molecule has 1 aliphatic heterocycles. The summed E-state index contributed by atoms with van der Waals surface area (Å²) in [5.74, 6) is 0.838. The molecule has 6 nitrogen and oxygen atoms in total. The summed E-state index contributed by atoms with van der Waals surface area (Å²) in [5, 5.41) is 4.24. The van der Waals surface area contributed by atoms with Crippen molar-refractivity contribution in [1.82, 2.24) is 24.8 Å². The van der Waals surface area contributed by atoms with Crippen LogP contribution in [0.15, 0.2) is 91.5 Å². The number of thiocarbonyl (C=S) groups is 1. The molecule has 0 saturated carbocycles. The van der Waals surface area contributed by atoms with Crippen LogP contribution in [0.3, 0.4) is 0 Å². The van der Waals surface area contributed by atoms with E-state index in [9.17, 15) is 0 Å². The molecule has 3 aromatic heterocycles. The first kappa shape index (κ1) is 20.2. The molecule has 1 aliphatic rings. The molecule has 5 rings (SSSR count). The minimum atomic E-state index is -0.0718. The average Bonchev–Trinajstić information content (AvgIpc) is 3.45. The number of nitrogens with one attached hydrogen (secondary N) is 1. The number of nitrogens with zero attached hydrogens (tertiary/aromatic N) is 4. The van der Waals surface area contributed by atoms with Gasteiger partial charge in [-0.2, -0.15) is 0 Å². The van der Waals surface area contributed by atoms with Crippen LogP contribution in [0.25, 0.3) is 5.69 Å². The molecule has 4 heterocycles. The lowest BCUT2D eigenvalue weighted by atomic mass is 10.0. The maximum Gasteiger partial charge on any atom is 0.170 e. The number of rotatable bonds is 6. The fourth-order valence-corrected chi connectivity index (χ4v) is 4.50. The van der Waals surface area contributed by atoms with Gasteiger partial charge in [0.2, 0.25) is 0 Å². The van der Waals surface area contributed by atoms with Gasteiger partial charge in [-0.1, -0.05) is 18.2 Å². The van der Waals surface area contributed by atoms with Crippen LogP contribution >= 0.6 is 12.2 Å². The lowest BCUT2D eigenvalue weighted by molar-refractivity contribution is 0.302. The third-order valence-corrected chi connectivity index (χ3v) is 6.09. The van der Waals surface area contributed by atoms with Crippen LogP contribution in [0.5, 0.6) is 5.75 Å². The molecule has 1 fully saturated rings. The Balaban J connectivity index is 1.57. The van der Waals surface area contributed by atoms with E-state index in [1.54, 1.807) is 7.11 Å². The monoisotopic (exact) mass is 441 g/mol. The van der Waals surface area contributed by atoms with Crippen molar-refractivity contribution in [2.24, 2.45) is 0 Å². The van der Waals surface area contributed by atoms with Crippen molar-refractivity contribution < 1.29 is 4.74 Å². The lowest BCUT2D eigenvalue weighted by Gasteiger charge is -2.29. The van der Waals surface area contributed by atoms with E-state index in [1.165, 1.54) is 0 Å². The summed E-state index contributed by atoms with van der Waals surface area (Å²) in [5.41, 5.74) is 4.30. The van der Waals surface area contributed by atoms with Crippen LogP contribution < -0.4 is 10.1 Å². The predicted octanol–water partition coefficient (Wildman–Crippen LogP) is 4.45. The van der Waals surface area contributed by atoms with E-state index in [1.807, 2.05) is 61.1 Å². The molecule has 0 aliphatic carbocycles. The molecule has 2 atom stereocenters. The first-order valence-corrected chi connectivity index (χ1v) is 10.8. The van der Waals surface area contributed by atoms with Gasteiger partial charge in [-0.15, -0.1) is 0 Å². The predicted molar refractivity (Wildman–Crippen MR) is 128 cm³/mol. The summed E-state index contributed by atoms with van der Waals surface area (Å²) < 4.78 is 7.50. The van der Waals surface area contributed by atoms with Gasteiger partial charge in [0.25, 0.3) is 0 Å². The molecular formula is C25H23N5OS. The molecule has 1 N–H and O–H groups in total. The van der Waals surface area contributed by atoms with Crippen LogP contribution in [0, 0.1) is 0 Å². The van der Waals surface area contributed by atoms with Gasteiger partial charge in [0.05, 0.1) is 24.9 Å². The van der Waals surface area contributed by atoms with Crippen molar-refractivity contribution in [1.29, 1.82) is 0 Å². The molecule has 0 spiro atoms. The third kappa shape index (κ3) is 3.83. The van der Waals surface area contributed by atoms with E-state index >= 15 is 0 Å². The normalized spacial score (nSPS) is 17.9. The van der Waals surface area contributed by atoms with E-state index in [2.05, 4.69) is 55.2 Å². The van der Waals surface area contributed by atoms with Crippen molar-refractivity contribution in [3.05, 3.63) is 108 Å². The van der Waals surface area contributed by atoms with Gasteiger partial charge in [0.1, 0.15) is 5.75 Å². The summed E-state index contributed by atoms with van der Waals surface area (Å²) >= 11 is 5.82. The summed E-state index contributed by atoms with van der Waals surface area (Å²) in [6.45, 7) is 0.672. The molecule has 160 valence electrons. The zero-order valence-electron chi connectivity index (χ0n) is 17.6. The number of hydrogen-bond acceptors (Lipinski definition) is 4. The van der Waals surface area contributed by atoms with Crippen molar-refractivity contribution in [2.75, 3.05) is 7.11 Å². The van der Waals surface area contributed by atoms with Crippen molar-refractivity contribution in [2.45, 2.75) is 18.6 Å². The molecular weight excluding hydrogens is 418 g/mol. The topological polar surface area (TPSA) is 55.2 Å². The molecule has 0 radical (unpaired) electrons. The maximum absolute atomic E-state index is 5.82. The van der Waals surface area contributed by atoms with E-state index in [-0.39, 0.29) is 12.1 Å². The van der Waals surface area contributed by atoms with Gasteiger partial charge in [-0.25, -0.2) is 0 Å². The minimum absolute atomic E-state index is 0.0392. The Bertz CT molecular complexity index is 1190. The van der Waals surface area contributed by atoms with E-state index in [4.69, 9.17) is 17.0 Å². The van der Waals surface area contributed by atoms with Gasteiger partial charge in [-0.3, -0.25) is 9.97 Å². The van der Waals surface area contributed by atoms with Gasteiger partial charge >= 0.3 is 0 Å². The second-order valence-corrected chi connectivity index (χ2v) is 8.00. The Hall–Kier alpha value is -3.71. The standard InChI is InChI=1S/C25H23N5OS/c1-31-20-9-7-18(8-10-20)17-30-24(23(28-25(30)32)21-5-2-3-13-27-21)22-6-4-16-29(22)19-11-14-26-15-12-19/h2-16,23-24H,17H2,1H3,(H,28,32)/t23-,24-/m1/s1. The van der Waals surface area contributed by atoms with Gasteiger partial charge < -0.3 is 19.5 Å². The molecule has 1 aromatic carbocycles. The largest absolute Gasteiger partial charge is 0.497 e. The third-order valence-electron chi connectivity index (χ3n) is 5.73. The fraction of sp³-hybridized carbons (Fsp3) is 0.160. The first-order valence-electron chi connectivity index (χ1n) is 10.4. The minimum Gasteiger partial charge on any atom is -0.497 e. The Labute approximate surface area is 192 Å². The highest BCUT2D eigenvalue weighted by Crippen LogP contribution is 2.40. The van der Waals surface area contributed by atoms with Gasteiger partial charge in [0, 0.05) is 42.7 Å². The molecule has 0 unspecified atom stereocenters. The van der Waals surface area contributed by atoms with E-state index < -0.39 is 0 Å². The molecule has 4 aromatic rings. The van der Waals surface area contributed by atoms with Gasteiger partial charge in [0.15, 0.2) is 5.11 Å². The van der Waals surface area contributed by atoms with Crippen molar-refractivity contribution in [3.63, 3.8) is 0 Å². The van der Waals surface area contributed by atoms with Crippen LogP contribution in [-0.2, 0) is 6.54 Å². The Morgan fingerprint density at radius 2 is 1.78 bits per heavy atom. The highest BCUT2D eigenvalue weighted by atomic mass is 32.1. The fourth-order valence-electron chi connectivity index (χ4n) is 4.20. The summed E-state index contributed by atoms with van der Waals surface area (Å²) in [6.07, 6.45) is 7.52. The van der Waals surface area contributed by atoms with E-state index in [0.29, 0.717) is 11.7 Å². The highest BCUT2D eigenvalue weighted by molar-refractivity contribution is 7.80. The maximum atomic E-state index is 5.82. The Morgan fingerprint density at radius 3 is 2.50 bits per heavy atom. The molecule has 1 saturated heterocycles. The Kier molecular flexibility index (Phi) is 5.56. The van der Waals surface area contributed by atoms with Crippen molar-refractivity contribution in [3.8, 4) is 11.4 Å². The number of pyridine rings is 2. The highest BCUT2D eigenvalue weighted by Gasteiger charge is 2.41. The van der Waals surface area contributed by atoms with Crippen LogP contribution in [0.1, 0.15) is 29.0 Å². The zero-order chi connectivity index (χ0) is 21.9. The van der Waals surface area contributed by atoms with E-state index in [0.717, 1.165) is 28.4 Å². The summed E-state index contributed by atoms with van der Waals surface area (Å²) in [6, 6.07) is 22.2. The first-order chi connectivity index (χ1) is 15.7. The molecule has 32 heavy (non-hydrogen) atoms. The number of benzene rings is 1. The SMILES string of the molecule is COc1ccc(CN2C(=S)N[C@H](c3ccccn3)[C@H]2c2cccn2-c2ccncc2)cc1. The number of methoxy groups -OCH3 is 1. The number of ether oxygens (including phenoxy) is 1. The summed E-state index contributed by atoms with van der Waals surface area (Å²) in [4.78, 5) is 11.0. The quantitative estimate of drug-likeness (QED) is 0.446. The van der Waals surface area contributed by atoms with Crippen LogP contribution in [-0.4, -0.2) is 31.7 Å². The van der Waals surface area contributed by atoms with Gasteiger partial charge in [-0.05, 0) is 66.3 Å².